The molecule has 0 saturated carbocycles. The second-order valence-electron chi connectivity index (χ2n) is 5.62. The van der Waals surface area contributed by atoms with Gasteiger partial charge in [-0.3, -0.25) is 0 Å². The van der Waals surface area contributed by atoms with Crippen molar-refractivity contribution in [2.45, 2.75) is 45.1 Å². The lowest BCUT2D eigenvalue weighted by molar-refractivity contribution is 0.163. The monoisotopic (exact) mass is 294 g/mol. The van der Waals surface area contributed by atoms with E-state index in [1.807, 2.05) is 26.0 Å². The fourth-order valence-corrected chi connectivity index (χ4v) is 2.21. The molecule has 1 atom stereocenters. The van der Waals surface area contributed by atoms with E-state index in [4.69, 9.17) is 0 Å². The van der Waals surface area contributed by atoms with Gasteiger partial charge in [0.15, 0.2) is 0 Å². The van der Waals surface area contributed by atoms with Gasteiger partial charge in [-0.2, -0.15) is 0 Å². The lowest BCUT2D eigenvalue weighted by atomic mass is 9.98. The maximum Gasteiger partial charge on any atom is 0.315 e. The molecule has 0 aromatic heterocycles. The Morgan fingerprint density at radius 2 is 1.95 bits per heavy atom. The first kappa shape index (κ1) is 17.3. The summed E-state index contributed by atoms with van der Waals surface area (Å²) in [6.45, 7) is 4.36. The van der Waals surface area contributed by atoms with Gasteiger partial charge >= 0.3 is 6.03 Å². The maximum absolute atomic E-state index is 11.8. The summed E-state index contributed by atoms with van der Waals surface area (Å²) in [5.74, 6) is 0.260. The number of carbonyl (C=O) groups is 1. The number of carbonyl (C=O) groups excluding carboxylic acids is 1. The minimum atomic E-state index is -0.560. The standard InChI is InChI=1S/C16H26N2O3/c1-3-10-16(2,12-19)18-15(21)17-11-4-5-13-6-8-14(20)9-7-13/h6-9,19-20H,3-5,10-12H2,1-2H3,(H2,17,18,21). The van der Waals surface area contributed by atoms with Gasteiger partial charge in [0.05, 0.1) is 12.1 Å². The van der Waals surface area contributed by atoms with E-state index < -0.39 is 5.54 Å². The second kappa shape index (κ2) is 8.52. The van der Waals surface area contributed by atoms with E-state index in [0.29, 0.717) is 6.54 Å². The molecule has 0 aliphatic carbocycles. The highest BCUT2D eigenvalue weighted by molar-refractivity contribution is 5.74. The predicted molar refractivity (Wildman–Crippen MR) is 83.4 cm³/mol. The van der Waals surface area contributed by atoms with Crippen LogP contribution in [0.25, 0.3) is 0 Å². The summed E-state index contributed by atoms with van der Waals surface area (Å²) in [4.78, 5) is 11.8. The molecule has 2 amide bonds. The average molecular weight is 294 g/mol. The first-order chi connectivity index (χ1) is 9.99. The Morgan fingerprint density at radius 1 is 1.29 bits per heavy atom. The van der Waals surface area contributed by atoms with E-state index >= 15 is 0 Å². The Labute approximate surface area is 126 Å². The molecule has 1 aromatic carbocycles. The Bertz CT molecular complexity index is 434. The topological polar surface area (TPSA) is 81.6 Å². The first-order valence-corrected chi connectivity index (χ1v) is 7.44. The Balaban J connectivity index is 2.25. The van der Waals surface area contributed by atoms with Crippen molar-refractivity contribution >= 4 is 6.03 Å². The summed E-state index contributed by atoms with van der Waals surface area (Å²) in [5.41, 5.74) is 0.566. The molecule has 1 aromatic rings. The number of hydrogen-bond acceptors (Lipinski definition) is 3. The predicted octanol–water partition coefficient (Wildman–Crippen LogP) is 2.18. The Morgan fingerprint density at radius 3 is 2.52 bits per heavy atom. The van der Waals surface area contributed by atoms with Gasteiger partial charge < -0.3 is 20.8 Å². The molecule has 0 heterocycles. The zero-order chi connectivity index (χ0) is 15.7. The van der Waals surface area contributed by atoms with E-state index in [1.54, 1.807) is 12.1 Å². The number of rotatable bonds is 8. The molecule has 1 unspecified atom stereocenters. The third kappa shape index (κ3) is 6.49. The fourth-order valence-electron chi connectivity index (χ4n) is 2.21. The number of nitrogens with one attached hydrogen (secondary N) is 2. The van der Waals surface area contributed by atoms with Crippen LogP contribution in [0.1, 0.15) is 38.7 Å². The number of aryl methyl sites for hydroxylation is 1. The van der Waals surface area contributed by atoms with Crippen molar-refractivity contribution in [1.29, 1.82) is 0 Å². The molecule has 4 N–H and O–H groups in total. The maximum atomic E-state index is 11.8. The highest BCUT2D eigenvalue weighted by Crippen LogP contribution is 2.12. The van der Waals surface area contributed by atoms with Gasteiger partial charge in [0.1, 0.15) is 5.75 Å². The largest absolute Gasteiger partial charge is 0.508 e. The molecule has 118 valence electrons. The molecular weight excluding hydrogens is 268 g/mol. The van der Waals surface area contributed by atoms with E-state index in [1.165, 1.54) is 0 Å². The quantitative estimate of drug-likeness (QED) is 0.555. The van der Waals surface area contributed by atoms with Crippen LogP contribution >= 0.6 is 0 Å². The van der Waals surface area contributed by atoms with Crippen LogP contribution in [0.4, 0.5) is 4.79 Å². The van der Waals surface area contributed by atoms with E-state index in [2.05, 4.69) is 10.6 Å². The summed E-state index contributed by atoms with van der Waals surface area (Å²) >= 11 is 0. The molecule has 0 saturated heterocycles. The van der Waals surface area contributed by atoms with Crippen molar-refractivity contribution in [3.05, 3.63) is 29.8 Å². The van der Waals surface area contributed by atoms with Crippen LogP contribution in [0.3, 0.4) is 0 Å². The molecule has 0 aliphatic heterocycles. The third-order valence-corrected chi connectivity index (χ3v) is 3.43. The highest BCUT2D eigenvalue weighted by atomic mass is 16.3. The molecule has 21 heavy (non-hydrogen) atoms. The number of benzene rings is 1. The Kier molecular flexibility index (Phi) is 7.02. The number of aliphatic hydroxyl groups excluding tert-OH is 1. The normalized spacial score (nSPS) is 13.5. The van der Waals surface area contributed by atoms with E-state index in [-0.39, 0.29) is 18.4 Å². The molecule has 5 nitrogen and oxygen atoms in total. The highest BCUT2D eigenvalue weighted by Gasteiger charge is 2.23. The SMILES string of the molecule is CCCC(C)(CO)NC(=O)NCCCc1ccc(O)cc1. The number of phenolic OH excluding ortho intramolecular Hbond substituents is 1. The van der Waals surface area contributed by atoms with Gasteiger partial charge in [-0.15, -0.1) is 0 Å². The van der Waals surface area contributed by atoms with E-state index in [9.17, 15) is 15.0 Å². The number of phenols is 1. The number of urea groups is 1. The van der Waals surface area contributed by atoms with Crippen LogP contribution < -0.4 is 10.6 Å². The van der Waals surface area contributed by atoms with Crippen molar-refractivity contribution in [3.63, 3.8) is 0 Å². The summed E-state index contributed by atoms with van der Waals surface area (Å²) in [5, 5.41) is 24.2. The smallest absolute Gasteiger partial charge is 0.315 e. The minimum absolute atomic E-state index is 0.0677. The molecule has 0 spiro atoms. The molecule has 0 radical (unpaired) electrons. The van der Waals surface area contributed by atoms with Gasteiger partial charge in [0, 0.05) is 6.54 Å². The average Bonchev–Trinajstić information content (AvgIpc) is 2.45. The molecular formula is C16H26N2O3. The summed E-state index contributed by atoms with van der Waals surface area (Å²) in [6.07, 6.45) is 3.30. The van der Waals surface area contributed by atoms with Crippen LogP contribution in [0, 0.1) is 0 Å². The van der Waals surface area contributed by atoms with Gasteiger partial charge in [0.25, 0.3) is 0 Å². The van der Waals surface area contributed by atoms with Crippen molar-refractivity contribution < 1.29 is 15.0 Å². The lowest BCUT2D eigenvalue weighted by Crippen LogP contribution is -2.52. The van der Waals surface area contributed by atoms with E-state index in [0.717, 1.165) is 31.2 Å². The van der Waals surface area contributed by atoms with Crippen molar-refractivity contribution in [2.24, 2.45) is 0 Å². The van der Waals surface area contributed by atoms with Crippen molar-refractivity contribution in [2.75, 3.05) is 13.2 Å². The van der Waals surface area contributed by atoms with Crippen LogP contribution in [-0.4, -0.2) is 34.9 Å². The molecule has 0 fully saturated rings. The van der Waals surface area contributed by atoms with Gasteiger partial charge in [-0.05, 0) is 43.9 Å². The molecule has 0 aliphatic rings. The number of aromatic hydroxyl groups is 1. The number of aliphatic hydroxyl groups is 1. The zero-order valence-corrected chi connectivity index (χ0v) is 12.9. The molecule has 1 rings (SSSR count). The molecule has 0 bridgehead atoms. The summed E-state index contributed by atoms with van der Waals surface area (Å²) < 4.78 is 0. The third-order valence-electron chi connectivity index (χ3n) is 3.43. The first-order valence-electron chi connectivity index (χ1n) is 7.44. The van der Waals surface area contributed by atoms with Crippen LogP contribution in [0.5, 0.6) is 5.75 Å². The molecule has 5 heteroatoms. The van der Waals surface area contributed by atoms with Gasteiger partial charge in [-0.1, -0.05) is 25.5 Å². The summed E-state index contributed by atoms with van der Waals surface area (Å²) in [7, 11) is 0. The fraction of sp³-hybridized carbons (Fsp3) is 0.562. The van der Waals surface area contributed by atoms with Crippen molar-refractivity contribution in [1.82, 2.24) is 10.6 Å². The lowest BCUT2D eigenvalue weighted by Gasteiger charge is -2.28. The zero-order valence-electron chi connectivity index (χ0n) is 12.9. The minimum Gasteiger partial charge on any atom is -0.508 e. The summed E-state index contributed by atoms with van der Waals surface area (Å²) in [6, 6.07) is 6.82. The van der Waals surface area contributed by atoms with Gasteiger partial charge in [0.2, 0.25) is 0 Å². The second-order valence-corrected chi connectivity index (χ2v) is 5.62. The van der Waals surface area contributed by atoms with Crippen LogP contribution in [-0.2, 0) is 6.42 Å². The number of amides is 2. The van der Waals surface area contributed by atoms with Gasteiger partial charge in [-0.25, -0.2) is 4.79 Å². The Hall–Kier alpha value is -1.75. The van der Waals surface area contributed by atoms with Crippen LogP contribution in [0.2, 0.25) is 0 Å². The van der Waals surface area contributed by atoms with Crippen molar-refractivity contribution in [3.8, 4) is 5.75 Å². The number of hydrogen-bond donors (Lipinski definition) is 4. The van der Waals surface area contributed by atoms with Crippen LogP contribution in [0.15, 0.2) is 24.3 Å².